The van der Waals surface area contributed by atoms with E-state index in [1.165, 1.54) is 5.57 Å². The van der Waals surface area contributed by atoms with Crippen molar-refractivity contribution in [3.05, 3.63) is 33.9 Å². The Morgan fingerprint density at radius 3 is 3.06 bits per heavy atom. The van der Waals surface area contributed by atoms with Crippen molar-refractivity contribution in [3.63, 3.8) is 0 Å². The van der Waals surface area contributed by atoms with Gasteiger partial charge in [0.15, 0.2) is 0 Å². The van der Waals surface area contributed by atoms with E-state index in [0.29, 0.717) is 5.92 Å². The van der Waals surface area contributed by atoms with Gasteiger partial charge in [0.2, 0.25) is 6.54 Å². The van der Waals surface area contributed by atoms with Gasteiger partial charge < -0.3 is 4.74 Å². The van der Waals surface area contributed by atoms with Crippen LogP contribution >= 0.6 is 0 Å². The SMILES string of the molecule is CCC(C)C1=CCCC(OCC[N+](=O)[O-])C=C1. The number of ether oxygens (including phenoxy) is 1. The van der Waals surface area contributed by atoms with Crippen molar-refractivity contribution in [2.75, 3.05) is 13.2 Å². The van der Waals surface area contributed by atoms with Crippen LogP contribution in [0.5, 0.6) is 0 Å². The van der Waals surface area contributed by atoms with E-state index in [2.05, 4.69) is 26.0 Å². The van der Waals surface area contributed by atoms with Gasteiger partial charge in [-0.2, -0.15) is 0 Å². The quantitative estimate of drug-likeness (QED) is 0.529. The first kappa shape index (κ1) is 13.9. The van der Waals surface area contributed by atoms with E-state index in [-0.39, 0.29) is 24.2 Å². The molecule has 96 valence electrons. The molecular weight excluding hydrogens is 218 g/mol. The van der Waals surface area contributed by atoms with Crippen molar-refractivity contribution in [3.8, 4) is 0 Å². The van der Waals surface area contributed by atoms with Crippen molar-refractivity contribution in [1.29, 1.82) is 0 Å². The molecule has 1 aliphatic rings. The Balaban J connectivity index is 2.40. The fourth-order valence-corrected chi connectivity index (χ4v) is 1.82. The molecule has 4 nitrogen and oxygen atoms in total. The summed E-state index contributed by atoms with van der Waals surface area (Å²) >= 11 is 0. The maximum absolute atomic E-state index is 10.2. The summed E-state index contributed by atoms with van der Waals surface area (Å²) in [6, 6.07) is 0. The highest BCUT2D eigenvalue weighted by Gasteiger charge is 2.11. The van der Waals surface area contributed by atoms with Crippen molar-refractivity contribution in [2.24, 2.45) is 5.92 Å². The van der Waals surface area contributed by atoms with Gasteiger partial charge in [0.1, 0.15) is 6.61 Å². The molecule has 0 amide bonds. The highest BCUT2D eigenvalue weighted by molar-refractivity contribution is 5.23. The monoisotopic (exact) mass is 239 g/mol. The summed E-state index contributed by atoms with van der Waals surface area (Å²) < 4.78 is 5.47. The summed E-state index contributed by atoms with van der Waals surface area (Å²) in [4.78, 5) is 9.84. The molecule has 0 fully saturated rings. The molecule has 0 radical (unpaired) electrons. The second-order valence-corrected chi connectivity index (χ2v) is 4.42. The molecule has 0 N–H and O–H groups in total. The lowest BCUT2D eigenvalue weighted by molar-refractivity contribution is -0.483. The largest absolute Gasteiger partial charge is 0.367 e. The van der Waals surface area contributed by atoms with Crippen molar-refractivity contribution in [1.82, 2.24) is 0 Å². The smallest absolute Gasteiger partial charge is 0.226 e. The molecule has 4 heteroatoms. The first-order valence-corrected chi connectivity index (χ1v) is 6.25. The third-order valence-electron chi connectivity index (χ3n) is 3.12. The molecule has 0 aromatic carbocycles. The van der Waals surface area contributed by atoms with Crippen LogP contribution in [0.25, 0.3) is 0 Å². The van der Waals surface area contributed by atoms with Crippen LogP contribution < -0.4 is 0 Å². The predicted molar refractivity (Wildman–Crippen MR) is 67.5 cm³/mol. The summed E-state index contributed by atoms with van der Waals surface area (Å²) in [6.45, 7) is 4.47. The van der Waals surface area contributed by atoms with Gasteiger partial charge in [-0.3, -0.25) is 10.1 Å². The number of hydrogen-bond donors (Lipinski definition) is 0. The molecule has 17 heavy (non-hydrogen) atoms. The number of nitro groups is 1. The summed E-state index contributed by atoms with van der Waals surface area (Å²) in [5.41, 5.74) is 1.35. The van der Waals surface area contributed by atoms with Gasteiger partial charge in [0.25, 0.3) is 0 Å². The fraction of sp³-hybridized carbons (Fsp3) is 0.692. The van der Waals surface area contributed by atoms with E-state index in [1.54, 1.807) is 0 Å². The third-order valence-corrected chi connectivity index (χ3v) is 3.12. The van der Waals surface area contributed by atoms with Crippen LogP contribution in [0.2, 0.25) is 0 Å². The molecule has 2 atom stereocenters. The standard InChI is InChI=1S/C13H21NO3/c1-3-11(2)12-5-4-6-13(8-7-12)17-10-9-14(15)16/h5,7-8,11,13H,3-4,6,9-10H2,1-2H3. The molecule has 0 saturated carbocycles. The number of nitrogens with zero attached hydrogens (tertiary/aromatic N) is 1. The lowest BCUT2D eigenvalue weighted by Crippen LogP contribution is -2.16. The second-order valence-electron chi connectivity index (χ2n) is 4.42. The number of hydrogen-bond acceptors (Lipinski definition) is 3. The number of rotatable bonds is 6. The minimum absolute atomic E-state index is 0.0211. The molecule has 1 aliphatic carbocycles. The van der Waals surface area contributed by atoms with Crippen LogP contribution in [-0.2, 0) is 4.74 Å². The van der Waals surface area contributed by atoms with E-state index in [9.17, 15) is 10.1 Å². The molecular formula is C13H21NO3. The van der Waals surface area contributed by atoms with E-state index < -0.39 is 0 Å². The second kappa shape index (κ2) is 7.22. The Hall–Kier alpha value is -1.16. The Morgan fingerprint density at radius 1 is 1.65 bits per heavy atom. The maximum Gasteiger partial charge on any atom is 0.226 e. The van der Waals surface area contributed by atoms with Gasteiger partial charge in [-0.15, -0.1) is 0 Å². The molecule has 0 bridgehead atoms. The lowest BCUT2D eigenvalue weighted by atomic mass is 9.98. The van der Waals surface area contributed by atoms with Crippen LogP contribution in [-0.4, -0.2) is 24.2 Å². The van der Waals surface area contributed by atoms with Crippen LogP contribution in [0.3, 0.4) is 0 Å². The summed E-state index contributed by atoms with van der Waals surface area (Å²) in [5, 5.41) is 10.2. The van der Waals surface area contributed by atoms with Gasteiger partial charge in [0, 0.05) is 4.92 Å². The molecule has 0 spiro atoms. The molecule has 0 aromatic heterocycles. The molecule has 0 aromatic rings. The summed E-state index contributed by atoms with van der Waals surface area (Å²) in [5.74, 6) is 0.573. The molecule has 0 saturated heterocycles. The normalized spacial score (nSPS) is 21.8. The average Bonchev–Trinajstić information content (AvgIpc) is 2.53. The zero-order valence-electron chi connectivity index (χ0n) is 10.6. The van der Waals surface area contributed by atoms with Crippen molar-refractivity contribution >= 4 is 0 Å². The molecule has 1 rings (SSSR count). The summed E-state index contributed by atoms with van der Waals surface area (Å²) in [7, 11) is 0. The van der Waals surface area contributed by atoms with Crippen LogP contribution in [0.1, 0.15) is 33.1 Å². The van der Waals surface area contributed by atoms with Crippen molar-refractivity contribution in [2.45, 2.75) is 39.2 Å². The van der Waals surface area contributed by atoms with Gasteiger partial charge in [-0.25, -0.2) is 0 Å². The Morgan fingerprint density at radius 2 is 2.41 bits per heavy atom. The highest BCUT2D eigenvalue weighted by atomic mass is 16.6. The molecule has 0 heterocycles. The highest BCUT2D eigenvalue weighted by Crippen LogP contribution is 2.21. The zero-order chi connectivity index (χ0) is 12.7. The minimum Gasteiger partial charge on any atom is -0.367 e. The Kier molecular flexibility index (Phi) is 5.91. The van der Waals surface area contributed by atoms with Gasteiger partial charge in [0.05, 0.1) is 6.10 Å². The van der Waals surface area contributed by atoms with E-state index in [4.69, 9.17) is 4.74 Å². The predicted octanol–water partition coefficient (Wildman–Crippen LogP) is 2.97. The third kappa shape index (κ3) is 5.13. The van der Waals surface area contributed by atoms with E-state index in [1.807, 2.05) is 6.08 Å². The first-order valence-electron chi connectivity index (χ1n) is 6.25. The molecule has 0 aliphatic heterocycles. The fourth-order valence-electron chi connectivity index (χ4n) is 1.82. The minimum atomic E-state index is -0.344. The van der Waals surface area contributed by atoms with E-state index >= 15 is 0 Å². The van der Waals surface area contributed by atoms with Crippen LogP contribution in [0, 0.1) is 16.0 Å². The average molecular weight is 239 g/mol. The Labute approximate surface area is 103 Å². The summed E-state index contributed by atoms with van der Waals surface area (Å²) in [6.07, 6.45) is 9.44. The van der Waals surface area contributed by atoms with Crippen LogP contribution in [0.4, 0.5) is 0 Å². The maximum atomic E-state index is 10.2. The zero-order valence-corrected chi connectivity index (χ0v) is 10.6. The topological polar surface area (TPSA) is 52.4 Å². The van der Waals surface area contributed by atoms with Gasteiger partial charge in [-0.1, -0.05) is 32.1 Å². The van der Waals surface area contributed by atoms with E-state index in [0.717, 1.165) is 19.3 Å². The number of allylic oxidation sites excluding steroid dienone is 3. The van der Waals surface area contributed by atoms with Crippen LogP contribution in [0.15, 0.2) is 23.8 Å². The van der Waals surface area contributed by atoms with Gasteiger partial charge >= 0.3 is 0 Å². The molecule has 2 unspecified atom stereocenters. The first-order chi connectivity index (χ1) is 8.13. The Bertz CT molecular complexity index is 310. The van der Waals surface area contributed by atoms with Gasteiger partial charge in [-0.05, 0) is 30.8 Å². The van der Waals surface area contributed by atoms with Crippen molar-refractivity contribution < 1.29 is 9.66 Å². The lowest BCUT2D eigenvalue weighted by Gasteiger charge is -2.10.